The molecule has 11 N–H and O–H groups in total. The van der Waals surface area contributed by atoms with Crippen molar-refractivity contribution in [3.05, 3.63) is 47.5 Å². The Labute approximate surface area is 288 Å². The summed E-state index contributed by atoms with van der Waals surface area (Å²) >= 11 is 0. The third-order valence-corrected chi connectivity index (χ3v) is 9.23. The largest absolute Gasteiger partial charge is 0.508 e. The van der Waals surface area contributed by atoms with Crippen molar-refractivity contribution in [2.75, 3.05) is 13.2 Å². The molecule has 19 heteroatoms. The lowest BCUT2D eigenvalue weighted by atomic mass is 9.92. The maximum atomic E-state index is 13.9. The topological polar surface area (TPSA) is 304 Å². The van der Waals surface area contributed by atoms with Crippen LogP contribution in [0.25, 0.3) is 0 Å². The molecule has 0 spiro atoms. The van der Waals surface area contributed by atoms with E-state index in [1.807, 2.05) is 0 Å². The molecule has 2 aromatic carbocycles. The first-order valence-electron chi connectivity index (χ1n) is 16.0. The van der Waals surface area contributed by atoms with Crippen LogP contribution in [-0.4, -0.2) is 167 Å². The number of carbonyl (C=O) groups excluding carboxylic acids is 1. The molecule has 0 radical (unpaired) electrons. The molecule has 0 amide bonds. The number of hydrogen-bond donors (Lipinski definition) is 11. The molecule has 0 unspecified atom stereocenters. The van der Waals surface area contributed by atoms with Gasteiger partial charge in [0.25, 0.3) is 0 Å². The Morgan fingerprint density at radius 1 is 0.725 bits per heavy atom. The number of hydrogen-bond acceptors (Lipinski definition) is 19. The summed E-state index contributed by atoms with van der Waals surface area (Å²) in [5.74, 6) is -2.18. The second-order valence-corrected chi connectivity index (χ2v) is 12.8. The first kappa shape index (κ1) is 37.5. The minimum Gasteiger partial charge on any atom is -0.508 e. The smallest absolute Gasteiger partial charge is 0.203 e. The van der Waals surface area contributed by atoms with Gasteiger partial charge in [0.15, 0.2) is 31.1 Å². The second-order valence-electron chi connectivity index (χ2n) is 12.8. The summed E-state index contributed by atoms with van der Waals surface area (Å²) in [5.41, 5.74) is -0.0589. The van der Waals surface area contributed by atoms with E-state index in [0.717, 1.165) is 12.1 Å². The molecule has 4 aliphatic heterocycles. The molecule has 4 heterocycles. The van der Waals surface area contributed by atoms with Crippen LogP contribution >= 0.6 is 0 Å². The zero-order valence-corrected chi connectivity index (χ0v) is 26.8. The number of fused-ring (bicyclic) bond motifs is 1. The molecule has 3 saturated heterocycles. The minimum absolute atomic E-state index is 0.107. The predicted molar refractivity (Wildman–Crippen MR) is 162 cm³/mol. The molecule has 0 aliphatic carbocycles. The Bertz CT molecular complexity index is 1520. The normalized spacial score (nSPS) is 41.5. The van der Waals surface area contributed by atoms with E-state index in [0.29, 0.717) is 5.56 Å². The summed E-state index contributed by atoms with van der Waals surface area (Å²) < 4.78 is 40.0. The highest BCUT2D eigenvalue weighted by atomic mass is 16.8. The lowest BCUT2D eigenvalue weighted by Gasteiger charge is -2.47. The number of carbonyl (C=O) groups is 1. The number of phenols is 3. The van der Waals surface area contributed by atoms with Gasteiger partial charge in [-0.1, -0.05) is 12.1 Å². The molecule has 0 aromatic heterocycles. The Kier molecular flexibility index (Phi) is 11.0. The quantitative estimate of drug-likeness (QED) is 0.126. The van der Waals surface area contributed by atoms with E-state index in [1.54, 1.807) is 0 Å². The lowest BCUT2D eigenvalue weighted by molar-refractivity contribution is -0.372. The molecule has 19 nitrogen and oxygen atoms in total. The number of aliphatic hydroxyl groups excluding tert-OH is 8. The van der Waals surface area contributed by atoms with E-state index in [1.165, 1.54) is 31.2 Å². The van der Waals surface area contributed by atoms with Crippen molar-refractivity contribution >= 4 is 5.78 Å². The van der Waals surface area contributed by atoms with Gasteiger partial charge in [0.05, 0.1) is 19.3 Å². The highest BCUT2D eigenvalue weighted by Gasteiger charge is 2.53. The Hall–Kier alpha value is -3.25. The van der Waals surface area contributed by atoms with Crippen LogP contribution in [-0.2, 0) is 28.4 Å². The third kappa shape index (κ3) is 7.36. The molecular weight excluding hydrogens is 688 g/mol. The maximum absolute atomic E-state index is 13.9. The first-order chi connectivity index (χ1) is 24.2. The molecule has 16 atom stereocenters. The average molecular weight is 729 g/mol. The minimum atomic E-state index is -1.98. The lowest BCUT2D eigenvalue weighted by Crippen LogP contribution is -2.65. The van der Waals surface area contributed by atoms with Crippen molar-refractivity contribution in [2.24, 2.45) is 0 Å². The number of benzene rings is 2. The maximum Gasteiger partial charge on any atom is 0.203 e. The van der Waals surface area contributed by atoms with Gasteiger partial charge in [-0.2, -0.15) is 0 Å². The van der Waals surface area contributed by atoms with Gasteiger partial charge in [0.1, 0.15) is 89.6 Å². The second kappa shape index (κ2) is 15.0. The fraction of sp³-hybridized carbons (Fsp3) is 0.594. The van der Waals surface area contributed by atoms with Gasteiger partial charge in [0.2, 0.25) is 5.78 Å². The number of ketones is 1. The van der Waals surface area contributed by atoms with Crippen molar-refractivity contribution in [3.8, 4) is 23.0 Å². The molecule has 51 heavy (non-hydrogen) atoms. The summed E-state index contributed by atoms with van der Waals surface area (Å²) in [4.78, 5) is 13.9. The van der Waals surface area contributed by atoms with Gasteiger partial charge in [-0.3, -0.25) is 4.79 Å². The molecule has 282 valence electrons. The van der Waals surface area contributed by atoms with Crippen LogP contribution in [0.4, 0.5) is 0 Å². The third-order valence-electron chi connectivity index (χ3n) is 9.23. The molecule has 0 saturated carbocycles. The highest BCUT2D eigenvalue weighted by molar-refractivity contribution is 6.05. The van der Waals surface area contributed by atoms with E-state index in [2.05, 4.69) is 0 Å². The van der Waals surface area contributed by atoms with Gasteiger partial charge >= 0.3 is 0 Å². The number of Topliss-reactive ketones (excluding diaryl/α,β-unsaturated/α-hetero) is 1. The number of aliphatic hydroxyl groups is 8. The Morgan fingerprint density at radius 3 is 2.12 bits per heavy atom. The number of ether oxygens (including phenoxy) is 7. The standard InChI is InChI=1S/C32H40O19/c1-10-19(37)24(42)29(51-31-26(44)23(41)21(39)17(49-31)9-46-30-25(43)20(38)15(36)8-45-30)32(47-10)50-28-22(40)18-14(35)6-13(34)7-16(18)48-27(28)11-2-4-12(33)5-3-11/h2-7,10,15,17,19-21,23-39,41-44H,8-9H2,1H3/t10-,15+,17+,19-,20-,21+,23-,24+,25+,26+,27+,28+,29+,30-,31-,32-/m0/s1. The van der Waals surface area contributed by atoms with Crippen molar-refractivity contribution < 1.29 is 94.1 Å². The monoisotopic (exact) mass is 728 g/mol. The van der Waals surface area contributed by atoms with Gasteiger partial charge in [-0.25, -0.2) is 0 Å². The summed E-state index contributed by atoms with van der Waals surface area (Å²) in [6, 6.07) is 7.50. The van der Waals surface area contributed by atoms with Gasteiger partial charge in [-0.15, -0.1) is 0 Å². The van der Waals surface area contributed by atoms with Crippen LogP contribution in [0, 0.1) is 0 Å². The van der Waals surface area contributed by atoms with Crippen LogP contribution < -0.4 is 4.74 Å². The van der Waals surface area contributed by atoms with E-state index in [-0.39, 0.29) is 23.7 Å². The molecular formula is C32H40O19. The Balaban J connectivity index is 1.25. The van der Waals surface area contributed by atoms with E-state index in [4.69, 9.17) is 33.2 Å². The first-order valence-corrected chi connectivity index (χ1v) is 16.0. The fourth-order valence-corrected chi connectivity index (χ4v) is 6.28. The molecule has 2 aromatic rings. The van der Waals surface area contributed by atoms with Crippen LogP contribution in [0.2, 0.25) is 0 Å². The summed E-state index contributed by atoms with van der Waals surface area (Å²) in [5, 5.41) is 114. The van der Waals surface area contributed by atoms with Crippen molar-refractivity contribution in [2.45, 2.75) is 105 Å². The van der Waals surface area contributed by atoms with Crippen molar-refractivity contribution in [3.63, 3.8) is 0 Å². The number of phenolic OH excluding ortho intramolecular Hbond substituents is 3. The van der Waals surface area contributed by atoms with E-state index >= 15 is 0 Å². The number of aromatic hydroxyl groups is 3. The SMILES string of the molecule is C[C@@H]1O[C@@H](O[C@@H]2C(=O)c3c(O)cc(O)cc3O[C@@H]2c2ccc(O)cc2)[C@H](O[C@@H]2O[C@H](CO[C@@H]3OC[C@@H](O)[C@H](O)[C@H]3O)[C@@H](O)[C@H](O)[C@H]2O)[C@H](O)[C@H]1O. The predicted octanol–water partition coefficient (Wildman–Crippen LogP) is -3.38. The average Bonchev–Trinajstić information content (AvgIpc) is 3.09. The summed E-state index contributed by atoms with van der Waals surface area (Å²) in [7, 11) is 0. The van der Waals surface area contributed by atoms with Gasteiger partial charge in [-0.05, 0) is 24.6 Å². The summed E-state index contributed by atoms with van der Waals surface area (Å²) in [6.07, 6.45) is -26.3. The van der Waals surface area contributed by atoms with Crippen LogP contribution in [0.3, 0.4) is 0 Å². The van der Waals surface area contributed by atoms with Crippen LogP contribution in [0.15, 0.2) is 36.4 Å². The van der Waals surface area contributed by atoms with Crippen molar-refractivity contribution in [1.82, 2.24) is 0 Å². The molecule has 4 aliphatic rings. The molecule has 0 bridgehead atoms. The van der Waals surface area contributed by atoms with E-state index in [9.17, 15) is 61.0 Å². The highest BCUT2D eigenvalue weighted by Crippen LogP contribution is 2.44. The molecule has 3 fully saturated rings. The molecule has 6 rings (SSSR count). The van der Waals surface area contributed by atoms with Crippen molar-refractivity contribution in [1.29, 1.82) is 0 Å². The van der Waals surface area contributed by atoms with Crippen LogP contribution in [0.1, 0.15) is 28.9 Å². The number of rotatable bonds is 8. The van der Waals surface area contributed by atoms with Gasteiger partial charge < -0.3 is 89.3 Å². The zero-order valence-electron chi connectivity index (χ0n) is 26.8. The fourth-order valence-electron chi connectivity index (χ4n) is 6.28. The van der Waals surface area contributed by atoms with E-state index < -0.39 is 122 Å². The Morgan fingerprint density at radius 2 is 1.41 bits per heavy atom. The zero-order chi connectivity index (χ0) is 36.9. The van der Waals surface area contributed by atoms with Crippen LogP contribution in [0.5, 0.6) is 23.0 Å². The van der Waals surface area contributed by atoms with Gasteiger partial charge in [0, 0.05) is 12.1 Å². The summed E-state index contributed by atoms with van der Waals surface area (Å²) in [6.45, 7) is 0.388.